The van der Waals surface area contributed by atoms with E-state index < -0.39 is 0 Å². The molecule has 126 valence electrons. The number of likely N-dealkylation sites (N-methyl/N-ethyl adjacent to an activating group) is 1. The average molecular weight is 362 g/mol. The van der Waals surface area contributed by atoms with Gasteiger partial charge < -0.3 is 14.6 Å². The highest BCUT2D eigenvalue weighted by atomic mass is 32.2. The van der Waals surface area contributed by atoms with E-state index in [0.29, 0.717) is 4.58 Å². The van der Waals surface area contributed by atoms with E-state index in [-0.39, 0.29) is 24.1 Å². The highest BCUT2D eigenvalue weighted by molar-refractivity contribution is 8.19. The van der Waals surface area contributed by atoms with Crippen LogP contribution in [0.15, 0.2) is 47.1 Å². The molecule has 0 atom stereocenters. The summed E-state index contributed by atoms with van der Waals surface area (Å²) < 4.78 is 5.50. The molecule has 3 rings (SSSR count). The van der Waals surface area contributed by atoms with Gasteiger partial charge in [0.25, 0.3) is 5.91 Å². The van der Waals surface area contributed by atoms with Gasteiger partial charge in [0.15, 0.2) is 5.76 Å². The van der Waals surface area contributed by atoms with Crippen LogP contribution in [0.5, 0.6) is 0 Å². The number of hydrogen-bond donors (Lipinski definition) is 1. The molecule has 0 spiro atoms. The van der Waals surface area contributed by atoms with Gasteiger partial charge in [0.1, 0.15) is 0 Å². The van der Waals surface area contributed by atoms with Gasteiger partial charge in [0.2, 0.25) is 5.91 Å². The van der Waals surface area contributed by atoms with Crippen molar-refractivity contribution < 1.29 is 14.0 Å². The first kappa shape index (κ1) is 17.0. The van der Waals surface area contributed by atoms with E-state index in [1.54, 1.807) is 19.2 Å². The van der Waals surface area contributed by atoms with Crippen molar-refractivity contribution in [1.29, 1.82) is 0 Å². The summed E-state index contributed by atoms with van der Waals surface area (Å²) in [5, 5.41) is 2.85. The molecule has 0 saturated carbocycles. The molecule has 7 heteroatoms. The number of thioether (sulfide) groups is 2. The molecule has 1 saturated heterocycles. The second-order valence-electron chi connectivity index (χ2n) is 5.39. The molecule has 1 aliphatic heterocycles. The van der Waals surface area contributed by atoms with Crippen molar-refractivity contribution in [3.63, 3.8) is 0 Å². The number of furan rings is 1. The molecule has 5 nitrogen and oxygen atoms in total. The monoisotopic (exact) mass is 362 g/mol. The van der Waals surface area contributed by atoms with E-state index in [0.717, 1.165) is 17.2 Å². The van der Waals surface area contributed by atoms with Crippen LogP contribution < -0.4 is 5.32 Å². The van der Waals surface area contributed by atoms with Gasteiger partial charge in [-0.2, -0.15) is 0 Å². The predicted molar refractivity (Wildman–Crippen MR) is 98.4 cm³/mol. The van der Waals surface area contributed by atoms with Crippen LogP contribution in [-0.2, 0) is 4.79 Å². The van der Waals surface area contributed by atoms with Crippen molar-refractivity contribution in [1.82, 2.24) is 4.90 Å². The fraction of sp³-hybridized carbons (Fsp3) is 0.294. The van der Waals surface area contributed by atoms with Gasteiger partial charge in [-0.05, 0) is 29.8 Å². The molecule has 2 heterocycles. The third kappa shape index (κ3) is 4.15. The first-order valence-corrected chi connectivity index (χ1v) is 9.65. The summed E-state index contributed by atoms with van der Waals surface area (Å²) in [5.74, 6) is 1.99. The minimum atomic E-state index is -0.317. The SMILES string of the molecule is CN(CC(=O)Nc1cccc(C2SCCS2)c1)C(=O)c1ccco1. The molecule has 2 amide bonds. The Labute approximate surface area is 149 Å². The summed E-state index contributed by atoms with van der Waals surface area (Å²) in [5.41, 5.74) is 1.96. The molecule has 24 heavy (non-hydrogen) atoms. The Kier molecular flexibility index (Phi) is 5.52. The van der Waals surface area contributed by atoms with Crippen LogP contribution in [-0.4, -0.2) is 41.8 Å². The van der Waals surface area contributed by atoms with Gasteiger partial charge >= 0.3 is 0 Å². The predicted octanol–water partition coefficient (Wildman–Crippen LogP) is 3.47. The van der Waals surface area contributed by atoms with Crippen molar-refractivity contribution >= 4 is 41.0 Å². The topological polar surface area (TPSA) is 62.6 Å². The fourth-order valence-corrected chi connectivity index (χ4v) is 5.23. The second-order valence-corrected chi connectivity index (χ2v) is 8.11. The summed E-state index contributed by atoms with van der Waals surface area (Å²) in [6, 6.07) is 11.1. The van der Waals surface area contributed by atoms with Crippen molar-refractivity contribution in [2.45, 2.75) is 4.58 Å². The first-order chi connectivity index (χ1) is 11.6. The third-order valence-corrected chi connectivity index (χ3v) is 6.63. The lowest BCUT2D eigenvalue weighted by atomic mass is 10.2. The van der Waals surface area contributed by atoms with Crippen LogP contribution in [0.4, 0.5) is 5.69 Å². The second kappa shape index (κ2) is 7.81. The van der Waals surface area contributed by atoms with E-state index >= 15 is 0 Å². The Hall–Kier alpha value is -1.86. The lowest BCUT2D eigenvalue weighted by molar-refractivity contribution is -0.116. The van der Waals surface area contributed by atoms with E-state index in [1.807, 2.05) is 41.7 Å². The normalized spacial score (nSPS) is 14.5. The number of benzene rings is 1. The molecule has 0 unspecified atom stereocenters. The van der Waals surface area contributed by atoms with Crippen LogP contribution in [0.3, 0.4) is 0 Å². The lowest BCUT2D eigenvalue weighted by Gasteiger charge is -2.16. The van der Waals surface area contributed by atoms with Gasteiger partial charge in [-0.15, -0.1) is 23.5 Å². The maximum atomic E-state index is 12.2. The Morgan fingerprint density at radius 1 is 1.25 bits per heavy atom. The minimum absolute atomic E-state index is 0.0311. The number of anilines is 1. The molecule has 0 bridgehead atoms. The van der Waals surface area contributed by atoms with Crippen LogP contribution in [0.25, 0.3) is 0 Å². The fourth-order valence-electron chi connectivity index (χ4n) is 2.39. The molecule has 1 aliphatic rings. The molecule has 1 aromatic carbocycles. The van der Waals surface area contributed by atoms with Crippen molar-refractivity contribution in [3.05, 3.63) is 54.0 Å². The van der Waals surface area contributed by atoms with E-state index in [4.69, 9.17) is 4.42 Å². The molecule has 1 N–H and O–H groups in total. The smallest absolute Gasteiger partial charge is 0.289 e. The van der Waals surface area contributed by atoms with E-state index in [9.17, 15) is 9.59 Å². The molecule has 0 radical (unpaired) electrons. The van der Waals surface area contributed by atoms with Gasteiger partial charge in [-0.1, -0.05) is 12.1 Å². The zero-order valence-electron chi connectivity index (χ0n) is 13.2. The maximum absolute atomic E-state index is 12.2. The van der Waals surface area contributed by atoms with E-state index in [2.05, 4.69) is 11.4 Å². The lowest BCUT2D eigenvalue weighted by Crippen LogP contribution is -2.34. The van der Waals surface area contributed by atoms with Gasteiger partial charge in [-0.3, -0.25) is 9.59 Å². The third-order valence-electron chi connectivity index (χ3n) is 3.52. The number of carbonyl (C=O) groups is 2. The number of nitrogens with one attached hydrogen (secondary N) is 1. The summed E-state index contributed by atoms with van der Waals surface area (Å²) >= 11 is 3.85. The van der Waals surface area contributed by atoms with Crippen molar-refractivity contribution in [3.8, 4) is 0 Å². The highest BCUT2D eigenvalue weighted by Gasteiger charge is 2.19. The molecule has 1 fully saturated rings. The van der Waals surface area contributed by atoms with Gasteiger partial charge in [-0.25, -0.2) is 0 Å². The largest absolute Gasteiger partial charge is 0.459 e. The number of nitrogens with zero attached hydrogens (tertiary/aromatic N) is 1. The quantitative estimate of drug-likeness (QED) is 0.882. The van der Waals surface area contributed by atoms with Crippen LogP contribution in [0.2, 0.25) is 0 Å². The zero-order valence-corrected chi connectivity index (χ0v) is 14.9. The summed E-state index contributed by atoms with van der Waals surface area (Å²) in [6.07, 6.45) is 1.44. The molecule has 0 aliphatic carbocycles. The highest BCUT2D eigenvalue weighted by Crippen LogP contribution is 2.45. The Morgan fingerprint density at radius 3 is 2.75 bits per heavy atom. The molecule has 2 aromatic rings. The summed E-state index contributed by atoms with van der Waals surface area (Å²) in [7, 11) is 1.58. The number of carbonyl (C=O) groups excluding carboxylic acids is 2. The van der Waals surface area contributed by atoms with Crippen molar-refractivity contribution in [2.24, 2.45) is 0 Å². The van der Waals surface area contributed by atoms with Crippen molar-refractivity contribution in [2.75, 3.05) is 30.4 Å². The minimum Gasteiger partial charge on any atom is -0.459 e. The van der Waals surface area contributed by atoms with Crippen LogP contribution in [0.1, 0.15) is 20.7 Å². The summed E-state index contributed by atoms with van der Waals surface area (Å²) in [6.45, 7) is -0.0311. The Bertz CT molecular complexity index is 712. The maximum Gasteiger partial charge on any atom is 0.289 e. The Balaban J connectivity index is 1.58. The molecule has 1 aromatic heterocycles. The van der Waals surface area contributed by atoms with Gasteiger partial charge in [0.05, 0.1) is 17.4 Å². The number of hydrogen-bond acceptors (Lipinski definition) is 5. The van der Waals surface area contributed by atoms with Gasteiger partial charge in [0, 0.05) is 24.2 Å². The van der Waals surface area contributed by atoms with Crippen LogP contribution in [0, 0.1) is 0 Å². The summed E-state index contributed by atoms with van der Waals surface area (Å²) in [4.78, 5) is 25.6. The standard InChI is InChI=1S/C17H18N2O3S2/c1-19(16(21)14-6-3-7-22-14)11-15(20)18-13-5-2-4-12(10-13)17-23-8-9-24-17/h2-7,10,17H,8-9,11H2,1H3,(H,18,20). The Morgan fingerprint density at radius 2 is 2.04 bits per heavy atom. The first-order valence-electron chi connectivity index (χ1n) is 7.55. The number of rotatable bonds is 5. The zero-order chi connectivity index (χ0) is 16.9. The average Bonchev–Trinajstić information content (AvgIpc) is 3.27. The molecular weight excluding hydrogens is 344 g/mol. The van der Waals surface area contributed by atoms with Crippen LogP contribution >= 0.6 is 23.5 Å². The molecular formula is C17H18N2O3S2. The number of amides is 2. The van der Waals surface area contributed by atoms with E-state index in [1.165, 1.54) is 16.7 Å².